The van der Waals surface area contributed by atoms with Crippen molar-refractivity contribution in [2.45, 2.75) is 12.5 Å². The molecule has 2 nitrogen and oxygen atoms in total. The zero-order valence-corrected chi connectivity index (χ0v) is 11.9. The number of hydrogen-bond acceptors (Lipinski definition) is 2. The molecule has 0 aromatic heterocycles. The molecule has 100 valence electrons. The van der Waals surface area contributed by atoms with E-state index in [2.05, 4.69) is 29.6 Å². The number of likely N-dealkylation sites (N-methyl/N-ethyl adjacent to an activating group) is 1. The predicted molar refractivity (Wildman–Crippen MR) is 80.0 cm³/mol. The van der Waals surface area contributed by atoms with Gasteiger partial charge < -0.3 is 10.1 Å². The third-order valence-corrected chi connectivity index (χ3v) is 3.45. The maximum Gasteiger partial charge on any atom is 0.119 e. The Labute approximate surface area is 119 Å². The minimum atomic E-state index is 0.268. The van der Waals surface area contributed by atoms with Crippen LogP contribution in [0, 0.1) is 0 Å². The second kappa shape index (κ2) is 6.60. The summed E-state index contributed by atoms with van der Waals surface area (Å²) in [5.41, 5.74) is 2.48. The van der Waals surface area contributed by atoms with E-state index in [-0.39, 0.29) is 6.04 Å². The molecule has 0 radical (unpaired) electrons. The predicted octanol–water partition coefficient (Wildman–Crippen LogP) is 3.85. The summed E-state index contributed by atoms with van der Waals surface area (Å²) in [5, 5.41) is 4.10. The smallest absolute Gasteiger partial charge is 0.119 e. The third-order valence-electron chi connectivity index (χ3n) is 3.19. The third kappa shape index (κ3) is 3.72. The molecule has 0 saturated heterocycles. The van der Waals surface area contributed by atoms with Gasteiger partial charge in [-0.2, -0.15) is 0 Å². The van der Waals surface area contributed by atoms with Gasteiger partial charge in [0.1, 0.15) is 5.75 Å². The van der Waals surface area contributed by atoms with Crippen molar-refractivity contribution in [3.8, 4) is 5.75 Å². The second-order valence-corrected chi connectivity index (χ2v) is 4.88. The number of methoxy groups -OCH3 is 1. The molecular formula is C16H18ClNO. The van der Waals surface area contributed by atoms with E-state index in [0.717, 1.165) is 17.2 Å². The van der Waals surface area contributed by atoms with Crippen molar-refractivity contribution >= 4 is 11.6 Å². The first-order valence-electron chi connectivity index (χ1n) is 6.28. The van der Waals surface area contributed by atoms with E-state index in [1.807, 2.05) is 31.3 Å². The molecule has 0 aliphatic rings. The van der Waals surface area contributed by atoms with E-state index < -0.39 is 0 Å². The van der Waals surface area contributed by atoms with Crippen molar-refractivity contribution < 1.29 is 4.74 Å². The average molecular weight is 276 g/mol. The molecule has 1 unspecified atom stereocenters. The summed E-state index contributed by atoms with van der Waals surface area (Å²) in [6.45, 7) is 0. The lowest BCUT2D eigenvalue weighted by atomic mass is 9.99. The van der Waals surface area contributed by atoms with Gasteiger partial charge in [-0.1, -0.05) is 35.9 Å². The molecule has 2 rings (SSSR count). The molecule has 0 heterocycles. The molecule has 0 saturated carbocycles. The highest BCUT2D eigenvalue weighted by Crippen LogP contribution is 2.22. The fraction of sp³-hybridized carbons (Fsp3) is 0.250. The van der Waals surface area contributed by atoms with Gasteiger partial charge in [-0.05, 0) is 48.9 Å². The van der Waals surface area contributed by atoms with Crippen LogP contribution in [0.15, 0.2) is 48.5 Å². The standard InChI is InChI=1S/C16H18ClNO/c1-18-16(13-6-8-14(17)9-7-13)11-12-4-3-5-15(10-12)19-2/h3-10,16,18H,11H2,1-2H3. The highest BCUT2D eigenvalue weighted by molar-refractivity contribution is 6.30. The molecule has 0 bridgehead atoms. The quantitative estimate of drug-likeness (QED) is 0.895. The summed E-state index contributed by atoms with van der Waals surface area (Å²) in [6, 6.07) is 16.4. The van der Waals surface area contributed by atoms with Crippen LogP contribution >= 0.6 is 11.6 Å². The molecule has 2 aromatic rings. The van der Waals surface area contributed by atoms with Gasteiger partial charge in [0.2, 0.25) is 0 Å². The Morgan fingerprint density at radius 1 is 1.16 bits per heavy atom. The van der Waals surface area contributed by atoms with E-state index in [1.165, 1.54) is 11.1 Å². The van der Waals surface area contributed by atoms with Crippen molar-refractivity contribution in [3.05, 3.63) is 64.7 Å². The van der Waals surface area contributed by atoms with Gasteiger partial charge in [-0.15, -0.1) is 0 Å². The lowest BCUT2D eigenvalue weighted by molar-refractivity contribution is 0.414. The Bertz CT molecular complexity index is 525. The molecule has 1 N–H and O–H groups in total. The summed E-state index contributed by atoms with van der Waals surface area (Å²) >= 11 is 5.92. The fourth-order valence-corrected chi connectivity index (χ4v) is 2.24. The molecule has 0 spiro atoms. The van der Waals surface area contributed by atoms with Crippen LogP contribution in [0.1, 0.15) is 17.2 Å². The number of nitrogens with one attached hydrogen (secondary N) is 1. The lowest BCUT2D eigenvalue weighted by Gasteiger charge is -2.17. The molecule has 1 atom stereocenters. The summed E-state index contributed by atoms with van der Waals surface area (Å²) in [4.78, 5) is 0. The van der Waals surface area contributed by atoms with Crippen LogP contribution in [-0.4, -0.2) is 14.2 Å². The summed E-state index contributed by atoms with van der Waals surface area (Å²) in [7, 11) is 3.66. The van der Waals surface area contributed by atoms with Crippen LogP contribution in [0.4, 0.5) is 0 Å². The van der Waals surface area contributed by atoms with Gasteiger partial charge in [0.25, 0.3) is 0 Å². The molecule has 0 amide bonds. The van der Waals surface area contributed by atoms with Crippen LogP contribution < -0.4 is 10.1 Å². The summed E-state index contributed by atoms with van der Waals surface area (Å²) in [6.07, 6.45) is 0.912. The minimum Gasteiger partial charge on any atom is -0.497 e. The van der Waals surface area contributed by atoms with Crippen molar-refractivity contribution in [3.63, 3.8) is 0 Å². The SMILES string of the molecule is CNC(Cc1cccc(OC)c1)c1ccc(Cl)cc1. The minimum absolute atomic E-state index is 0.268. The van der Waals surface area contributed by atoms with Crippen molar-refractivity contribution in [1.82, 2.24) is 5.32 Å². The van der Waals surface area contributed by atoms with E-state index >= 15 is 0 Å². The second-order valence-electron chi connectivity index (χ2n) is 4.45. The first-order valence-corrected chi connectivity index (χ1v) is 6.66. The normalized spacial score (nSPS) is 12.2. The van der Waals surface area contributed by atoms with Crippen molar-refractivity contribution in [1.29, 1.82) is 0 Å². The van der Waals surface area contributed by atoms with Crippen molar-refractivity contribution in [2.24, 2.45) is 0 Å². The average Bonchev–Trinajstić information content (AvgIpc) is 2.46. The number of rotatable bonds is 5. The van der Waals surface area contributed by atoms with E-state index in [1.54, 1.807) is 7.11 Å². The molecular weight excluding hydrogens is 258 g/mol. The zero-order chi connectivity index (χ0) is 13.7. The molecule has 0 fully saturated rings. The van der Waals surface area contributed by atoms with Crippen LogP contribution in [0.3, 0.4) is 0 Å². The summed E-state index contributed by atoms with van der Waals surface area (Å²) in [5.74, 6) is 0.892. The highest BCUT2D eigenvalue weighted by Gasteiger charge is 2.10. The maximum atomic E-state index is 5.92. The molecule has 3 heteroatoms. The van der Waals surface area contributed by atoms with Gasteiger partial charge in [0.15, 0.2) is 0 Å². The topological polar surface area (TPSA) is 21.3 Å². The highest BCUT2D eigenvalue weighted by atomic mass is 35.5. The molecule has 19 heavy (non-hydrogen) atoms. The molecule has 0 aliphatic heterocycles. The monoisotopic (exact) mass is 275 g/mol. The fourth-order valence-electron chi connectivity index (χ4n) is 2.12. The van der Waals surface area contributed by atoms with Gasteiger partial charge in [-0.25, -0.2) is 0 Å². The number of halogens is 1. The van der Waals surface area contributed by atoms with Crippen LogP contribution in [0.25, 0.3) is 0 Å². The Morgan fingerprint density at radius 3 is 2.53 bits per heavy atom. The van der Waals surface area contributed by atoms with Gasteiger partial charge in [-0.3, -0.25) is 0 Å². The van der Waals surface area contributed by atoms with Crippen LogP contribution in [0.2, 0.25) is 5.02 Å². The van der Waals surface area contributed by atoms with Crippen LogP contribution in [0.5, 0.6) is 5.75 Å². The number of benzene rings is 2. The number of hydrogen-bond donors (Lipinski definition) is 1. The molecule has 0 aliphatic carbocycles. The van der Waals surface area contributed by atoms with Gasteiger partial charge in [0, 0.05) is 11.1 Å². The first-order chi connectivity index (χ1) is 9.22. The van der Waals surface area contributed by atoms with Crippen molar-refractivity contribution in [2.75, 3.05) is 14.2 Å². The maximum absolute atomic E-state index is 5.92. The van der Waals surface area contributed by atoms with E-state index in [0.29, 0.717) is 0 Å². The van der Waals surface area contributed by atoms with Gasteiger partial charge in [0.05, 0.1) is 7.11 Å². The Kier molecular flexibility index (Phi) is 4.83. The van der Waals surface area contributed by atoms with Crippen LogP contribution in [-0.2, 0) is 6.42 Å². The Hall–Kier alpha value is -1.51. The Balaban J connectivity index is 2.16. The number of ether oxygens (including phenoxy) is 1. The van der Waals surface area contributed by atoms with E-state index in [9.17, 15) is 0 Å². The molecule has 2 aromatic carbocycles. The van der Waals surface area contributed by atoms with Gasteiger partial charge >= 0.3 is 0 Å². The zero-order valence-electron chi connectivity index (χ0n) is 11.2. The summed E-state index contributed by atoms with van der Waals surface area (Å²) < 4.78 is 5.25. The largest absolute Gasteiger partial charge is 0.497 e. The Morgan fingerprint density at radius 2 is 1.89 bits per heavy atom. The lowest BCUT2D eigenvalue weighted by Crippen LogP contribution is -2.18. The van der Waals surface area contributed by atoms with E-state index in [4.69, 9.17) is 16.3 Å². The first kappa shape index (κ1) is 13.9.